The van der Waals surface area contributed by atoms with E-state index in [0.717, 1.165) is 6.42 Å². The predicted molar refractivity (Wildman–Crippen MR) is 52.6 cm³/mol. The van der Waals surface area contributed by atoms with Crippen molar-refractivity contribution in [1.82, 2.24) is 4.98 Å². The van der Waals surface area contributed by atoms with Crippen LogP contribution in [-0.2, 0) is 4.74 Å². The zero-order valence-corrected chi connectivity index (χ0v) is 8.18. The van der Waals surface area contributed by atoms with Crippen molar-refractivity contribution in [2.75, 3.05) is 13.2 Å². The molecular formula is C10H12N2O3. The summed E-state index contributed by atoms with van der Waals surface area (Å²) in [6, 6.07) is 3.25. The van der Waals surface area contributed by atoms with Crippen molar-refractivity contribution in [2.45, 2.75) is 12.5 Å². The van der Waals surface area contributed by atoms with Gasteiger partial charge in [-0.1, -0.05) is 0 Å². The molecule has 0 bridgehead atoms. The van der Waals surface area contributed by atoms with Crippen LogP contribution in [0.2, 0.25) is 0 Å². The molecule has 1 saturated heterocycles. The minimum Gasteiger partial charge on any atom is -0.471 e. The quantitative estimate of drug-likeness (QED) is 0.777. The van der Waals surface area contributed by atoms with E-state index in [1.807, 2.05) is 0 Å². The number of nitrogens with two attached hydrogens (primary N) is 1. The summed E-state index contributed by atoms with van der Waals surface area (Å²) in [6.45, 7) is 1.22. The topological polar surface area (TPSA) is 74.4 Å². The average Bonchev–Trinajstić information content (AvgIpc) is 2.71. The van der Waals surface area contributed by atoms with Gasteiger partial charge in [-0.25, -0.2) is 4.98 Å². The number of primary amides is 1. The first-order valence-electron chi connectivity index (χ1n) is 4.76. The summed E-state index contributed by atoms with van der Waals surface area (Å²) in [5.41, 5.74) is 5.51. The molecule has 1 aromatic rings. The molecule has 80 valence electrons. The van der Waals surface area contributed by atoms with Crippen LogP contribution in [0.25, 0.3) is 0 Å². The van der Waals surface area contributed by atoms with E-state index < -0.39 is 5.91 Å². The molecule has 0 spiro atoms. The van der Waals surface area contributed by atoms with Crippen LogP contribution < -0.4 is 10.5 Å². The number of hydrogen-bond donors (Lipinski definition) is 1. The summed E-state index contributed by atoms with van der Waals surface area (Å²) in [4.78, 5) is 15.1. The van der Waals surface area contributed by atoms with Gasteiger partial charge in [-0.2, -0.15) is 0 Å². The van der Waals surface area contributed by atoms with Crippen LogP contribution in [0.4, 0.5) is 0 Å². The molecule has 0 aliphatic carbocycles. The van der Waals surface area contributed by atoms with E-state index in [1.165, 1.54) is 0 Å². The van der Waals surface area contributed by atoms with Gasteiger partial charge in [0, 0.05) is 12.6 Å². The Kier molecular flexibility index (Phi) is 2.82. The van der Waals surface area contributed by atoms with Crippen molar-refractivity contribution in [3.8, 4) is 5.88 Å². The molecule has 0 saturated carbocycles. The largest absolute Gasteiger partial charge is 0.471 e. The third kappa shape index (κ3) is 2.24. The maximum absolute atomic E-state index is 11.1. The second-order valence-corrected chi connectivity index (χ2v) is 3.32. The van der Waals surface area contributed by atoms with Crippen molar-refractivity contribution in [2.24, 2.45) is 5.73 Å². The van der Waals surface area contributed by atoms with Crippen LogP contribution in [0.15, 0.2) is 18.3 Å². The molecule has 1 atom stereocenters. The number of ether oxygens (including phenoxy) is 2. The Morgan fingerprint density at radius 1 is 1.67 bits per heavy atom. The van der Waals surface area contributed by atoms with Crippen molar-refractivity contribution >= 4 is 5.91 Å². The number of carbonyl (C=O) groups excluding carboxylic acids is 1. The Balaban J connectivity index is 2.15. The molecule has 0 aromatic carbocycles. The van der Waals surface area contributed by atoms with Crippen molar-refractivity contribution in [1.29, 1.82) is 0 Å². The maximum Gasteiger partial charge on any atom is 0.254 e. The van der Waals surface area contributed by atoms with Crippen LogP contribution in [-0.4, -0.2) is 30.2 Å². The Bertz CT molecular complexity index is 361. The van der Waals surface area contributed by atoms with E-state index in [2.05, 4.69) is 4.98 Å². The monoisotopic (exact) mass is 208 g/mol. The molecule has 2 rings (SSSR count). The Morgan fingerprint density at radius 3 is 3.20 bits per heavy atom. The second kappa shape index (κ2) is 4.27. The smallest absolute Gasteiger partial charge is 0.254 e. The van der Waals surface area contributed by atoms with Gasteiger partial charge in [0.15, 0.2) is 0 Å². The lowest BCUT2D eigenvalue weighted by molar-refractivity contribution is 0.0986. The molecule has 5 nitrogen and oxygen atoms in total. The first-order chi connectivity index (χ1) is 7.27. The fraction of sp³-hybridized carbons (Fsp3) is 0.400. The summed E-state index contributed by atoms with van der Waals surface area (Å²) >= 11 is 0. The third-order valence-electron chi connectivity index (χ3n) is 2.20. The number of hydrogen-bond acceptors (Lipinski definition) is 4. The van der Waals surface area contributed by atoms with Crippen LogP contribution >= 0.6 is 0 Å². The number of carbonyl (C=O) groups is 1. The lowest BCUT2D eigenvalue weighted by Crippen LogP contribution is -2.20. The fourth-order valence-corrected chi connectivity index (χ4v) is 1.44. The van der Waals surface area contributed by atoms with Gasteiger partial charge in [-0.15, -0.1) is 0 Å². The molecule has 0 radical (unpaired) electrons. The minimum atomic E-state index is -0.531. The molecule has 1 fully saturated rings. The predicted octanol–water partition coefficient (Wildman–Crippen LogP) is 0.348. The van der Waals surface area contributed by atoms with Gasteiger partial charge in [0.05, 0.1) is 13.2 Å². The number of amides is 1. The number of rotatable bonds is 3. The van der Waals surface area contributed by atoms with Crippen LogP contribution in [0, 0.1) is 0 Å². The summed E-state index contributed by atoms with van der Waals surface area (Å²) in [7, 11) is 0. The lowest BCUT2D eigenvalue weighted by atomic mass is 10.2. The highest BCUT2D eigenvalue weighted by molar-refractivity contribution is 5.94. The second-order valence-electron chi connectivity index (χ2n) is 3.32. The summed E-state index contributed by atoms with van der Waals surface area (Å²) in [5, 5.41) is 0. The summed E-state index contributed by atoms with van der Waals surface area (Å²) in [6.07, 6.45) is 2.35. The molecule has 5 heteroatoms. The lowest BCUT2D eigenvalue weighted by Gasteiger charge is -2.12. The van der Waals surface area contributed by atoms with Gasteiger partial charge in [0.1, 0.15) is 11.7 Å². The Labute approximate surface area is 87.2 Å². The normalized spacial score (nSPS) is 20.1. The molecule has 2 heterocycles. The van der Waals surface area contributed by atoms with Gasteiger partial charge in [0.2, 0.25) is 5.88 Å². The van der Waals surface area contributed by atoms with Gasteiger partial charge in [-0.05, 0) is 12.1 Å². The first kappa shape index (κ1) is 9.92. The molecule has 15 heavy (non-hydrogen) atoms. The summed E-state index contributed by atoms with van der Waals surface area (Å²) < 4.78 is 10.7. The van der Waals surface area contributed by atoms with E-state index in [1.54, 1.807) is 18.3 Å². The van der Waals surface area contributed by atoms with E-state index >= 15 is 0 Å². The first-order valence-corrected chi connectivity index (χ1v) is 4.76. The molecule has 2 N–H and O–H groups in total. The zero-order valence-electron chi connectivity index (χ0n) is 8.18. The number of pyridine rings is 1. The average molecular weight is 208 g/mol. The fourth-order valence-electron chi connectivity index (χ4n) is 1.44. The zero-order chi connectivity index (χ0) is 10.7. The molecule has 1 aromatic heterocycles. The molecular weight excluding hydrogens is 196 g/mol. The van der Waals surface area contributed by atoms with E-state index in [-0.39, 0.29) is 6.10 Å². The Hall–Kier alpha value is -1.62. The van der Waals surface area contributed by atoms with Gasteiger partial charge >= 0.3 is 0 Å². The molecule has 1 amide bonds. The highest BCUT2D eigenvalue weighted by Crippen LogP contribution is 2.18. The maximum atomic E-state index is 11.1. The standard InChI is InChI=1S/C10H12N2O3/c11-9(13)8-2-1-4-12-10(8)15-7-3-5-14-6-7/h1-2,4,7H,3,5-6H2,(H2,11,13)/t7-/m0/s1. The van der Waals surface area contributed by atoms with E-state index in [4.69, 9.17) is 15.2 Å². The number of nitrogens with zero attached hydrogens (tertiary/aromatic N) is 1. The van der Waals surface area contributed by atoms with Crippen LogP contribution in [0.3, 0.4) is 0 Å². The van der Waals surface area contributed by atoms with Crippen molar-refractivity contribution < 1.29 is 14.3 Å². The Morgan fingerprint density at radius 2 is 2.53 bits per heavy atom. The summed E-state index contributed by atoms with van der Waals surface area (Å²) in [5.74, 6) is -0.238. The minimum absolute atomic E-state index is 0.0296. The van der Waals surface area contributed by atoms with Crippen LogP contribution in [0.5, 0.6) is 5.88 Å². The molecule has 1 aliphatic rings. The molecule has 1 aliphatic heterocycles. The van der Waals surface area contributed by atoms with E-state index in [0.29, 0.717) is 24.7 Å². The van der Waals surface area contributed by atoms with Crippen molar-refractivity contribution in [3.63, 3.8) is 0 Å². The van der Waals surface area contributed by atoms with Gasteiger partial charge in [0.25, 0.3) is 5.91 Å². The highest BCUT2D eigenvalue weighted by Gasteiger charge is 2.20. The SMILES string of the molecule is NC(=O)c1cccnc1O[C@H]1CCOC1. The molecule has 0 unspecified atom stereocenters. The van der Waals surface area contributed by atoms with Crippen molar-refractivity contribution in [3.05, 3.63) is 23.9 Å². The van der Waals surface area contributed by atoms with E-state index in [9.17, 15) is 4.79 Å². The van der Waals surface area contributed by atoms with Gasteiger partial charge < -0.3 is 15.2 Å². The third-order valence-corrected chi connectivity index (χ3v) is 2.20. The van der Waals surface area contributed by atoms with Gasteiger partial charge in [-0.3, -0.25) is 4.79 Å². The number of aromatic nitrogens is 1. The van der Waals surface area contributed by atoms with Crippen LogP contribution in [0.1, 0.15) is 16.8 Å². The highest BCUT2D eigenvalue weighted by atomic mass is 16.5.